The van der Waals surface area contributed by atoms with Crippen molar-refractivity contribution in [3.05, 3.63) is 90.8 Å². The van der Waals surface area contributed by atoms with E-state index in [1.165, 1.54) is 18.0 Å². The average Bonchev–Trinajstić information content (AvgIpc) is 2.89. The van der Waals surface area contributed by atoms with E-state index < -0.39 is 0 Å². The van der Waals surface area contributed by atoms with Crippen molar-refractivity contribution in [1.29, 1.82) is 0 Å². The first-order chi connectivity index (χ1) is 18.3. The number of carbonyl (C=O) groups excluding carboxylic acids is 1. The molecular weight excluding hydrogens is 616 g/mol. The average molecular weight is 642 g/mol. The van der Waals surface area contributed by atoms with E-state index >= 15 is 0 Å². The summed E-state index contributed by atoms with van der Waals surface area (Å²) in [6.07, 6.45) is 2.87. The minimum atomic E-state index is -0.321. The van der Waals surface area contributed by atoms with Gasteiger partial charge in [-0.05, 0) is 55.3 Å². The Balaban J connectivity index is 1.69. The molecule has 3 aromatic carbocycles. The van der Waals surface area contributed by atoms with Gasteiger partial charge in [-0.3, -0.25) is 9.59 Å². The molecule has 0 bridgehead atoms. The normalized spacial score (nSPS) is 11.2. The van der Waals surface area contributed by atoms with Crippen molar-refractivity contribution in [2.45, 2.75) is 26.7 Å². The van der Waals surface area contributed by atoms with Gasteiger partial charge in [-0.25, -0.2) is 4.98 Å². The first-order valence-electron chi connectivity index (χ1n) is 11.9. The highest BCUT2D eigenvalue weighted by molar-refractivity contribution is 9.10. The summed E-state index contributed by atoms with van der Waals surface area (Å²) in [5.41, 5.74) is 2.51. The summed E-state index contributed by atoms with van der Waals surface area (Å²) in [6, 6.07) is 16.4. The summed E-state index contributed by atoms with van der Waals surface area (Å²) in [5, 5.41) is 7.81. The Kier molecular flexibility index (Phi) is 8.96. The number of amides is 1. The molecule has 0 atom stereocenters. The van der Waals surface area contributed by atoms with Crippen LogP contribution in [-0.4, -0.2) is 35.5 Å². The van der Waals surface area contributed by atoms with Gasteiger partial charge in [-0.1, -0.05) is 57.0 Å². The lowest BCUT2D eigenvalue weighted by Crippen LogP contribution is -2.23. The molecule has 0 aliphatic carbocycles. The molecule has 0 spiro atoms. The third kappa shape index (κ3) is 6.31. The Morgan fingerprint density at radius 3 is 2.66 bits per heavy atom. The molecule has 0 fully saturated rings. The maximum Gasteiger partial charge on any atom is 0.282 e. The molecule has 196 valence electrons. The number of para-hydroxylation sites is 1. The Morgan fingerprint density at radius 1 is 1.13 bits per heavy atom. The molecule has 0 aliphatic rings. The van der Waals surface area contributed by atoms with Gasteiger partial charge in [0, 0.05) is 26.6 Å². The summed E-state index contributed by atoms with van der Waals surface area (Å²) in [7, 11) is 1.51. The van der Waals surface area contributed by atoms with Crippen LogP contribution in [0, 0.1) is 6.92 Å². The van der Waals surface area contributed by atoms with Gasteiger partial charge in [0.25, 0.3) is 11.5 Å². The van der Waals surface area contributed by atoms with Crippen LogP contribution >= 0.6 is 31.9 Å². The van der Waals surface area contributed by atoms with Gasteiger partial charge in [0.15, 0.2) is 18.1 Å². The molecule has 0 saturated heterocycles. The molecule has 10 heteroatoms. The van der Waals surface area contributed by atoms with E-state index in [1.807, 2.05) is 44.2 Å². The maximum absolute atomic E-state index is 13.4. The number of rotatable bonds is 9. The van der Waals surface area contributed by atoms with Crippen molar-refractivity contribution in [3.8, 4) is 11.5 Å². The fourth-order valence-corrected chi connectivity index (χ4v) is 4.66. The lowest BCUT2D eigenvalue weighted by Gasteiger charge is -2.15. The second-order valence-electron chi connectivity index (χ2n) is 8.48. The molecule has 0 unspecified atom stereocenters. The van der Waals surface area contributed by atoms with Gasteiger partial charge >= 0.3 is 0 Å². The van der Waals surface area contributed by atoms with Gasteiger partial charge in [0.1, 0.15) is 5.82 Å². The van der Waals surface area contributed by atoms with Crippen LogP contribution in [0.2, 0.25) is 0 Å². The Bertz CT molecular complexity index is 1580. The lowest BCUT2D eigenvalue weighted by molar-refractivity contribution is -0.118. The third-order valence-corrected chi connectivity index (χ3v) is 6.65. The Hall–Kier alpha value is -3.50. The summed E-state index contributed by atoms with van der Waals surface area (Å²) >= 11 is 6.90. The molecule has 1 heterocycles. The van der Waals surface area contributed by atoms with Crippen LogP contribution in [0.4, 0.5) is 5.69 Å². The number of ether oxygens (including phenoxy) is 2. The number of aryl methyl sites for hydroxylation is 2. The lowest BCUT2D eigenvalue weighted by atomic mass is 10.2. The molecule has 8 nitrogen and oxygen atoms in total. The SMILES string of the molecule is CCCc1nc2ccc(Br)cc2c(=O)n1N=Cc1cc(Br)cc(OC)c1OCC(=O)Nc1ccccc1C. The number of hydrogen-bond acceptors (Lipinski definition) is 6. The van der Waals surface area contributed by atoms with E-state index in [-0.39, 0.29) is 18.1 Å². The maximum atomic E-state index is 13.4. The van der Waals surface area contributed by atoms with E-state index in [1.54, 1.807) is 24.3 Å². The molecule has 0 aliphatic heterocycles. The van der Waals surface area contributed by atoms with Crippen molar-refractivity contribution in [1.82, 2.24) is 9.66 Å². The smallest absolute Gasteiger partial charge is 0.282 e. The zero-order valence-electron chi connectivity index (χ0n) is 21.1. The molecule has 0 saturated carbocycles. The fraction of sp³-hybridized carbons (Fsp3) is 0.214. The Morgan fingerprint density at radius 2 is 1.92 bits per heavy atom. The monoisotopic (exact) mass is 640 g/mol. The van der Waals surface area contributed by atoms with E-state index in [2.05, 4.69) is 47.3 Å². The number of halogens is 2. The van der Waals surface area contributed by atoms with Crippen molar-refractivity contribution in [3.63, 3.8) is 0 Å². The van der Waals surface area contributed by atoms with Crippen molar-refractivity contribution in [2.75, 3.05) is 19.0 Å². The number of nitrogens with one attached hydrogen (secondary N) is 1. The molecule has 4 rings (SSSR count). The second kappa shape index (κ2) is 12.4. The van der Waals surface area contributed by atoms with Gasteiger partial charge in [-0.15, -0.1) is 0 Å². The van der Waals surface area contributed by atoms with E-state index in [0.29, 0.717) is 50.4 Å². The number of methoxy groups -OCH3 is 1. The van der Waals surface area contributed by atoms with Gasteiger partial charge in [-0.2, -0.15) is 9.78 Å². The number of benzene rings is 3. The zero-order chi connectivity index (χ0) is 27.2. The molecule has 1 aromatic heterocycles. The summed E-state index contributed by atoms with van der Waals surface area (Å²) in [5.74, 6) is 0.954. The zero-order valence-corrected chi connectivity index (χ0v) is 24.3. The van der Waals surface area contributed by atoms with Crippen LogP contribution in [0.1, 0.15) is 30.3 Å². The molecular formula is C28H26Br2N4O4. The first-order valence-corrected chi connectivity index (χ1v) is 13.5. The van der Waals surface area contributed by atoms with Crippen LogP contribution in [-0.2, 0) is 11.2 Å². The highest BCUT2D eigenvalue weighted by atomic mass is 79.9. The molecule has 38 heavy (non-hydrogen) atoms. The Labute approximate surface area is 236 Å². The number of fused-ring (bicyclic) bond motifs is 1. The quantitative estimate of drug-likeness (QED) is 0.223. The summed E-state index contributed by atoms with van der Waals surface area (Å²) in [6.45, 7) is 3.68. The van der Waals surface area contributed by atoms with Crippen molar-refractivity contribution in [2.24, 2.45) is 5.10 Å². The van der Waals surface area contributed by atoms with E-state index in [9.17, 15) is 9.59 Å². The second-order valence-corrected chi connectivity index (χ2v) is 10.3. The predicted octanol–water partition coefficient (Wildman–Crippen LogP) is 6.09. The van der Waals surface area contributed by atoms with E-state index in [4.69, 9.17) is 9.47 Å². The van der Waals surface area contributed by atoms with Crippen LogP contribution in [0.3, 0.4) is 0 Å². The van der Waals surface area contributed by atoms with Crippen LogP contribution in [0.15, 0.2) is 73.4 Å². The molecule has 4 aromatic rings. The summed E-state index contributed by atoms with van der Waals surface area (Å²) < 4.78 is 14.2. The standard InChI is InChI=1S/C28H26Br2N4O4/c1-4-7-25-32-23-11-10-19(29)13-21(23)28(36)34(25)31-15-18-12-20(30)14-24(37-3)27(18)38-16-26(35)33-22-9-6-5-8-17(22)2/h5-6,8-15H,4,7,16H2,1-3H3,(H,33,35). The number of anilines is 1. The van der Waals surface area contributed by atoms with Crippen molar-refractivity contribution < 1.29 is 14.3 Å². The third-order valence-electron chi connectivity index (χ3n) is 5.70. The van der Waals surface area contributed by atoms with Crippen molar-refractivity contribution >= 4 is 60.6 Å². The topological polar surface area (TPSA) is 94.8 Å². The van der Waals surface area contributed by atoms with Crippen LogP contribution < -0.4 is 20.3 Å². The van der Waals surface area contributed by atoms with Crippen LogP contribution in [0.5, 0.6) is 11.5 Å². The summed E-state index contributed by atoms with van der Waals surface area (Å²) in [4.78, 5) is 30.7. The van der Waals surface area contributed by atoms with E-state index in [0.717, 1.165) is 16.5 Å². The molecule has 1 amide bonds. The van der Waals surface area contributed by atoms with Gasteiger partial charge in [0.2, 0.25) is 0 Å². The van der Waals surface area contributed by atoms with Gasteiger partial charge < -0.3 is 14.8 Å². The number of nitrogens with zero attached hydrogens (tertiary/aromatic N) is 3. The minimum Gasteiger partial charge on any atom is -0.493 e. The van der Waals surface area contributed by atoms with Crippen LogP contribution in [0.25, 0.3) is 10.9 Å². The number of aromatic nitrogens is 2. The van der Waals surface area contributed by atoms with Gasteiger partial charge in [0.05, 0.1) is 24.2 Å². The largest absolute Gasteiger partial charge is 0.493 e. The fourth-order valence-electron chi connectivity index (χ4n) is 3.85. The molecule has 1 N–H and O–H groups in total. The molecule has 0 radical (unpaired) electrons. The predicted molar refractivity (Wildman–Crippen MR) is 157 cm³/mol. The highest BCUT2D eigenvalue weighted by Gasteiger charge is 2.16. The first kappa shape index (κ1) is 27.5. The number of carbonyl (C=O) groups is 1. The number of hydrogen-bond donors (Lipinski definition) is 1. The highest BCUT2D eigenvalue weighted by Crippen LogP contribution is 2.34. The minimum absolute atomic E-state index is 0.250.